The average molecular weight is 476 g/mol. The Morgan fingerprint density at radius 3 is 2.03 bits per heavy atom. The van der Waals surface area contributed by atoms with Crippen molar-refractivity contribution in [3.63, 3.8) is 0 Å². The summed E-state index contributed by atoms with van der Waals surface area (Å²) >= 11 is 0. The molecule has 0 bridgehead atoms. The van der Waals surface area contributed by atoms with E-state index in [4.69, 9.17) is 5.73 Å². The largest absolute Gasteiger partial charge is 0.726 e. The van der Waals surface area contributed by atoms with Gasteiger partial charge in [-0.05, 0) is 52.0 Å². The number of hydrogen-bond donors (Lipinski definition) is 2. The van der Waals surface area contributed by atoms with Gasteiger partial charge in [0.1, 0.15) is 18.6 Å². The highest BCUT2D eigenvalue weighted by Gasteiger charge is 2.32. The smallest absolute Gasteiger partial charge is 0.232 e. The van der Waals surface area contributed by atoms with Gasteiger partial charge in [-0.3, -0.25) is 14.1 Å². The lowest BCUT2D eigenvalue weighted by atomic mass is 9.89. The standard InChI is InChI=1S/C23H45N3.CH4O4S/c1-3-4-5-6-7-8-9-10-11-12-13-14-15-16-17-23(2,18-19-24)26-21-20-25-22-26;1-5-6(2,3)4/h10-11,22H,3-9,12-21,24H2,1-2H3;1H3,(H,2,3,4)/b11-10-;. The van der Waals surface area contributed by atoms with E-state index >= 15 is 0 Å². The van der Waals surface area contributed by atoms with Crippen LogP contribution in [0.3, 0.4) is 0 Å². The molecule has 1 aliphatic heterocycles. The molecule has 0 fully saturated rings. The summed E-state index contributed by atoms with van der Waals surface area (Å²) in [6.07, 6.45) is 25.7. The Balaban J connectivity index is 0.00000140. The third-order valence-corrected chi connectivity index (χ3v) is 6.46. The van der Waals surface area contributed by atoms with Crippen LogP contribution in [0.4, 0.5) is 0 Å². The van der Waals surface area contributed by atoms with Crippen molar-refractivity contribution in [2.75, 3.05) is 26.7 Å². The summed E-state index contributed by atoms with van der Waals surface area (Å²) in [5, 5.41) is 3.34. The van der Waals surface area contributed by atoms with E-state index < -0.39 is 10.4 Å². The van der Waals surface area contributed by atoms with Crippen molar-refractivity contribution in [2.24, 2.45) is 5.73 Å². The maximum absolute atomic E-state index is 9.22. The molecule has 0 saturated heterocycles. The Hall–Kier alpha value is -0.960. The summed E-state index contributed by atoms with van der Waals surface area (Å²) in [5.41, 5.74) is 6.11. The second-order valence-corrected chi connectivity index (χ2v) is 10.0. The first kappa shape index (κ1) is 31.0. The zero-order chi connectivity index (χ0) is 24.1. The van der Waals surface area contributed by atoms with Crippen LogP contribution in [0.2, 0.25) is 0 Å². The predicted molar refractivity (Wildman–Crippen MR) is 133 cm³/mol. The highest BCUT2D eigenvalue weighted by molar-refractivity contribution is 7.80. The van der Waals surface area contributed by atoms with Crippen LogP contribution >= 0.6 is 0 Å². The van der Waals surface area contributed by atoms with E-state index in [0.717, 1.165) is 33.2 Å². The lowest BCUT2D eigenvalue weighted by Gasteiger charge is -2.28. The second kappa shape index (κ2) is 19.5. The van der Waals surface area contributed by atoms with Crippen LogP contribution in [0.15, 0.2) is 12.2 Å². The molecule has 3 N–H and O–H groups in total. The van der Waals surface area contributed by atoms with Crippen LogP contribution in [0.25, 0.3) is 0 Å². The molecule has 8 heteroatoms. The lowest BCUT2D eigenvalue weighted by Crippen LogP contribution is -2.41. The van der Waals surface area contributed by atoms with Crippen LogP contribution in [0.5, 0.6) is 0 Å². The van der Waals surface area contributed by atoms with E-state index in [-0.39, 0.29) is 5.54 Å². The molecule has 0 aromatic rings. The quantitative estimate of drug-likeness (QED) is 0.0995. The molecule has 1 aliphatic rings. The van der Waals surface area contributed by atoms with Crippen molar-refractivity contribution in [1.82, 2.24) is 5.32 Å². The summed E-state index contributed by atoms with van der Waals surface area (Å²) in [6, 6.07) is 0. The molecule has 0 saturated carbocycles. The lowest BCUT2D eigenvalue weighted by molar-refractivity contribution is -0.595. The van der Waals surface area contributed by atoms with Crippen LogP contribution in [0.1, 0.15) is 104 Å². The zero-order valence-electron chi connectivity index (χ0n) is 20.8. The van der Waals surface area contributed by atoms with E-state index in [2.05, 4.69) is 46.4 Å². The van der Waals surface area contributed by atoms with Crippen molar-refractivity contribution < 1.29 is 21.7 Å². The maximum atomic E-state index is 9.22. The first-order chi connectivity index (χ1) is 15.3. The van der Waals surface area contributed by atoms with Gasteiger partial charge in [0, 0.05) is 6.42 Å². The van der Waals surface area contributed by atoms with E-state index in [9.17, 15) is 13.0 Å². The van der Waals surface area contributed by atoms with Crippen molar-refractivity contribution in [1.29, 1.82) is 0 Å². The molecule has 190 valence electrons. The van der Waals surface area contributed by atoms with Gasteiger partial charge in [0.2, 0.25) is 16.7 Å². The third-order valence-electron chi connectivity index (χ3n) is 6.05. The molecular formula is C24H49N3O4S. The molecule has 1 heterocycles. The van der Waals surface area contributed by atoms with Crippen molar-refractivity contribution in [3.8, 4) is 0 Å². The fourth-order valence-electron chi connectivity index (χ4n) is 3.97. The van der Waals surface area contributed by atoms with Gasteiger partial charge >= 0.3 is 0 Å². The molecule has 0 spiro atoms. The fourth-order valence-corrected chi connectivity index (χ4v) is 3.97. The van der Waals surface area contributed by atoms with Gasteiger partial charge in [0.25, 0.3) is 0 Å². The minimum Gasteiger partial charge on any atom is -0.726 e. The molecular weight excluding hydrogens is 426 g/mol. The van der Waals surface area contributed by atoms with Gasteiger partial charge in [-0.1, -0.05) is 64.0 Å². The summed E-state index contributed by atoms with van der Waals surface area (Å²) in [6.45, 7) is 7.65. The molecule has 7 nitrogen and oxygen atoms in total. The first-order valence-electron chi connectivity index (χ1n) is 12.5. The maximum Gasteiger partial charge on any atom is 0.232 e. The average Bonchev–Trinajstić information content (AvgIpc) is 3.30. The molecule has 0 amide bonds. The van der Waals surface area contributed by atoms with Crippen LogP contribution in [-0.4, -0.2) is 56.2 Å². The topological polar surface area (TPSA) is 107 Å². The monoisotopic (exact) mass is 475 g/mol. The number of unbranched alkanes of at least 4 members (excludes halogenated alkanes) is 10. The molecule has 1 rings (SSSR count). The number of hydrogen-bond acceptors (Lipinski definition) is 6. The number of nitrogens with zero attached hydrogens (tertiary/aromatic N) is 1. The van der Waals surface area contributed by atoms with Crippen LogP contribution in [0, 0.1) is 0 Å². The van der Waals surface area contributed by atoms with E-state index in [1.807, 2.05) is 0 Å². The third kappa shape index (κ3) is 17.6. The minimum absolute atomic E-state index is 0.245. The normalized spacial score (nSPS) is 15.7. The molecule has 0 aromatic heterocycles. The summed E-state index contributed by atoms with van der Waals surface area (Å²) in [5.74, 6) is 0. The van der Waals surface area contributed by atoms with E-state index in [0.29, 0.717) is 0 Å². The Morgan fingerprint density at radius 2 is 1.56 bits per heavy atom. The summed E-state index contributed by atoms with van der Waals surface area (Å²) < 4.78 is 33.5. The predicted octanol–water partition coefficient (Wildman–Crippen LogP) is 4.48. The van der Waals surface area contributed by atoms with Crippen LogP contribution < -0.4 is 11.1 Å². The van der Waals surface area contributed by atoms with Gasteiger partial charge in [0.05, 0.1) is 7.11 Å². The van der Waals surface area contributed by atoms with E-state index in [1.165, 1.54) is 83.5 Å². The molecule has 0 aliphatic carbocycles. The van der Waals surface area contributed by atoms with Gasteiger partial charge in [-0.2, -0.15) is 0 Å². The Kier molecular flexibility index (Phi) is 18.9. The Morgan fingerprint density at radius 1 is 1.03 bits per heavy atom. The zero-order valence-corrected chi connectivity index (χ0v) is 21.6. The molecule has 1 unspecified atom stereocenters. The van der Waals surface area contributed by atoms with Crippen molar-refractivity contribution >= 4 is 16.7 Å². The number of allylic oxidation sites excluding steroid dienone is 2. The number of rotatable bonds is 18. The highest BCUT2D eigenvalue weighted by atomic mass is 32.3. The number of nitrogens with two attached hydrogens (primary N) is 1. The van der Waals surface area contributed by atoms with Gasteiger partial charge in [0.15, 0.2) is 0 Å². The SMILES string of the molecule is CCCCCCCC/C=C\CCCCCCC(C)(CCN)[N+]1=CNCC1.COS(=O)(=O)[O-]. The van der Waals surface area contributed by atoms with Crippen molar-refractivity contribution in [3.05, 3.63) is 12.2 Å². The summed E-state index contributed by atoms with van der Waals surface area (Å²) in [7, 11) is -3.60. The van der Waals surface area contributed by atoms with Gasteiger partial charge in [-0.15, -0.1) is 0 Å². The molecule has 32 heavy (non-hydrogen) atoms. The van der Waals surface area contributed by atoms with Gasteiger partial charge < -0.3 is 10.3 Å². The first-order valence-corrected chi connectivity index (χ1v) is 13.8. The number of nitrogens with one attached hydrogen (secondary N) is 1. The highest BCUT2D eigenvalue weighted by Crippen LogP contribution is 2.23. The minimum atomic E-state index is -4.41. The second-order valence-electron chi connectivity index (χ2n) is 8.87. The van der Waals surface area contributed by atoms with Crippen molar-refractivity contribution in [2.45, 2.75) is 109 Å². The molecule has 0 aromatic carbocycles. The van der Waals surface area contributed by atoms with Gasteiger partial charge in [-0.25, -0.2) is 8.42 Å². The Bertz CT molecular complexity index is 608. The van der Waals surface area contributed by atoms with Crippen LogP contribution in [-0.2, 0) is 14.6 Å². The molecule has 1 atom stereocenters. The Labute approximate surface area is 197 Å². The fraction of sp³-hybridized carbons (Fsp3) is 0.875. The van der Waals surface area contributed by atoms with E-state index in [1.54, 1.807) is 0 Å². The summed E-state index contributed by atoms with van der Waals surface area (Å²) in [4.78, 5) is 0. The molecule has 0 radical (unpaired) electrons.